The fourth-order valence-electron chi connectivity index (χ4n) is 2.65. The Morgan fingerprint density at radius 1 is 0.914 bits per heavy atom. The van der Waals surface area contributed by atoms with Gasteiger partial charge in [0, 0.05) is 6.54 Å². The largest absolute Gasteiger partial charge is 0.513 e. The third-order valence-corrected chi connectivity index (χ3v) is 4.32. The smallest absolute Gasteiger partial charge is 0.480 e. The molecule has 0 spiro atoms. The summed E-state index contributed by atoms with van der Waals surface area (Å²) in [5.74, 6) is -1.41. The van der Waals surface area contributed by atoms with E-state index in [4.69, 9.17) is 28.4 Å². The molecule has 1 aromatic rings. The van der Waals surface area contributed by atoms with E-state index in [1.807, 2.05) is 6.92 Å². The first kappa shape index (κ1) is 29.5. The van der Waals surface area contributed by atoms with E-state index in [1.54, 1.807) is 20.8 Å². The molecule has 0 bridgehead atoms. The van der Waals surface area contributed by atoms with Gasteiger partial charge in [-0.1, -0.05) is 19.4 Å². The Kier molecular flexibility index (Phi) is 13.6. The Morgan fingerprint density at radius 2 is 1.54 bits per heavy atom. The highest BCUT2D eigenvalue weighted by Gasteiger charge is 2.22. The molecule has 2 N–H and O–H groups in total. The lowest BCUT2D eigenvalue weighted by Crippen LogP contribution is -2.42. The number of carbonyl (C=O) groups excluding carboxylic acids is 3. The normalized spacial score (nSPS) is 12.1. The van der Waals surface area contributed by atoms with Crippen molar-refractivity contribution in [1.29, 1.82) is 0 Å². The third-order valence-electron chi connectivity index (χ3n) is 4.32. The fraction of sp³-hybridized carbons (Fsp3) is 0.565. The molecule has 1 rings (SSSR count). The van der Waals surface area contributed by atoms with Crippen molar-refractivity contribution in [3.8, 4) is 11.5 Å². The average Bonchev–Trinajstić information content (AvgIpc) is 2.78. The first-order valence-corrected chi connectivity index (χ1v) is 11.3. The number of carboxylic acid groups (broad SMARTS) is 1. The molecule has 0 aliphatic rings. The molecule has 0 amide bonds. The van der Waals surface area contributed by atoms with Crippen molar-refractivity contribution < 1.29 is 52.7 Å². The van der Waals surface area contributed by atoms with E-state index in [9.17, 15) is 24.3 Å². The first-order valence-electron chi connectivity index (χ1n) is 11.3. The zero-order valence-electron chi connectivity index (χ0n) is 20.4. The van der Waals surface area contributed by atoms with Crippen LogP contribution in [0.2, 0.25) is 0 Å². The van der Waals surface area contributed by atoms with Crippen molar-refractivity contribution in [2.24, 2.45) is 0 Å². The van der Waals surface area contributed by atoms with E-state index < -0.39 is 36.6 Å². The number of aliphatic carboxylic acids is 1. The van der Waals surface area contributed by atoms with Crippen LogP contribution in [0.4, 0.5) is 14.4 Å². The van der Waals surface area contributed by atoms with Crippen molar-refractivity contribution >= 4 is 24.4 Å². The summed E-state index contributed by atoms with van der Waals surface area (Å²) < 4.78 is 29.6. The minimum atomic E-state index is -1.15. The van der Waals surface area contributed by atoms with Gasteiger partial charge in [-0.15, -0.1) is 0 Å². The summed E-state index contributed by atoms with van der Waals surface area (Å²) in [7, 11) is 0. The predicted octanol–water partition coefficient (Wildman–Crippen LogP) is 3.68. The highest BCUT2D eigenvalue weighted by molar-refractivity contribution is 5.74. The highest BCUT2D eigenvalue weighted by atomic mass is 16.7. The van der Waals surface area contributed by atoms with Crippen molar-refractivity contribution in [1.82, 2.24) is 5.32 Å². The number of nitrogens with one attached hydrogen (secondary N) is 1. The molecule has 0 aromatic heterocycles. The summed E-state index contributed by atoms with van der Waals surface area (Å²) in [5.41, 5.74) is 0.452. The number of ether oxygens (including phenoxy) is 6. The van der Waals surface area contributed by atoms with Crippen molar-refractivity contribution in [3.63, 3.8) is 0 Å². The Balaban J connectivity index is 2.86. The predicted molar refractivity (Wildman–Crippen MR) is 122 cm³/mol. The summed E-state index contributed by atoms with van der Waals surface area (Å²) in [6.07, 6.45) is -1.93. The van der Waals surface area contributed by atoms with Gasteiger partial charge in [0.15, 0.2) is 11.5 Å². The van der Waals surface area contributed by atoms with Gasteiger partial charge in [-0.05, 0) is 51.3 Å². The van der Waals surface area contributed by atoms with Crippen LogP contribution in [0.5, 0.6) is 11.5 Å². The van der Waals surface area contributed by atoms with Gasteiger partial charge in [-0.25, -0.2) is 14.4 Å². The van der Waals surface area contributed by atoms with Gasteiger partial charge in [0.1, 0.15) is 12.1 Å². The summed E-state index contributed by atoms with van der Waals surface area (Å²) in [6.45, 7) is 7.18. The van der Waals surface area contributed by atoms with Crippen LogP contribution >= 0.6 is 0 Å². The molecular weight excluding hydrogens is 466 g/mol. The average molecular weight is 500 g/mol. The topological polar surface area (TPSA) is 156 Å². The van der Waals surface area contributed by atoms with Gasteiger partial charge >= 0.3 is 24.4 Å². The van der Waals surface area contributed by atoms with Gasteiger partial charge in [0.2, 0.25) is 0 Å². The van der Waals surface area contributed by atoms with Crippen LogP contribution in [0, 0.1) is 0 Å². The third kappa shape index (κ3) is 11.9. The van der Waals surface area contributed by atoms with E-state index in [1.165, 1.54) is 18.2 Å². The molecule has 1 unspecified atom stereocenters. The number of hydrogen-bond donors (Lipinski definition) is 2. The molecule has 12 nitrogen and oxygen atoms in total. The number of rotatable bonds is 14. The van der Waals surface area contributed by atoms with Crippen LogP contribution in [0.15, 0.2) is 18.2 Å². The van der Waals surface area contributed by atoms with Crippen molar-refractivity contribution in [3.05, 3.63) is 23.8 Å². The van der Waals surface area contributed by atoms with Crippen LogP contribution in [0.1, 0.15) is 46.1 Å². The van der Waals surface area contributed by atoms with E-state index >= 15 is 0 Å². The molecule has 12 heteroatoms. The van der Waals surface area contributed by atoms with Crippen LogP contribution in [-0.4, -0.2) is 68.1 Å². The standard InChI is InChI=1S/C23H33NO11/c1-5-8-11-32-23(29)33-15(4)14-24-17(20(25)26)12-16-9-10-18(34-21(27)30-6-2)19(13-16)35-22(28)31-7-3/h9-10,13,15,17,24H,5-8,11-12,14H2,1-4H3,(H,25,26)/t15?,17-/m0/s1. The molecule has 196 valence electrons. The lowest BCUT2D eigenvalue weighted by Gasteiger charge is -2.19. The van der Waals surface area contributed by atoms with Gasteiger partial charge in [-0.3, -0.25) is 4.79 Å². The Bertz CT molecular complexity index is 843. The van der Waals surface area contributed by atoms with E-state index in [0.29, 0.717) is 12.0 Å². The van der Waals surface area contributed by atoms with Gasteiger partial charge in [-0.2, -0.15) is 0 Å². The molecule has 0 saturated carbocycles. The number of benzene rings is 1. The fourth-order valence-corrected chi connectivity index (χ4v) is 2.65. The van der Waals surface area contributed by atoms with Gasteiger partial charge in [0.05, 0.1) is 19.8 Å². The Labute approximate surface area is 203 Å². The summed E-state index contributed by atoms with van der Waals surface area (Å²) in [4.78, 5) is 46.9. The highest BCUT2D eigenvalue weighted by Crippen LogP contribution is 2.30. The van der Waals surface area contributed by atoms with Crippen molar-refractivity contribution in [2.45, 2.75) is 59.1 Å². The molecule has 0 radical (unpaired) electrons. The summed E-state index contributed by atoms with van der Waals surface area (Å²) in [5, 5.41) is 12.4. The van der Waals surface area contributed by atoms with Gasteiger partial charge in [0.25, 0.3) is 0 Å². The minimum Gasteiger partial charge on any atom is -0.480 e. The van der Waals surface area contributed by atoms with Crippen molar-refractivity contribution in [2.75, 3.05) is 26.4 Å². The number of unbranched alkanes of at least 4 members (excludes halogenated alkanes) is 1. The molecular formula is C23H33NO11. The minimum absolute atomic E-state index is 0.0259. The van der Waals surface area contributed by atoms with Crippen LogP contribution in [-0.2, 0) is 30.2 Å². The maximum Gasteiger partial charge on any atom is 0.513 e. The van der Waals surface area contributed by atoms with E-state index in [0.717, 1.165) is 6.42 Å². The molecule has 0 aliphatic carbocycles. The molecule has 0 fully saturated rings. The lowest BCUT2D eigenvalue weighted by atomic mass is 10.0. The van der Waals surface area contributed by atoms with Crippen LogP contribution in [0.3, 0.4) is 0 Å². The quantitative estimate of drug-likeness (QED) is 0.166. The monoisotopic (exact) mass is 499 g/mol. The summed E-state index contributed by atoms with van der Waals surface area (Å²) in [6, 6.07) is 3.14. The van der Waals surface area contributed by atoms with Crippen LogP contribution in [0.25, 0.3) is 0 Å². The second-order valence-electron chi connectivity index (χ2n) is 7.23. The van der Waals surface area contributed by atoms with Crippen LogP contribution < -0.4 is 14.8 Å². The lowest BCUT2D eigenvalue weighted by molar-refractivity contribution is -0.139. The Morgan fingerprint density at radius 3 is 2.11 bits per heavy atom. The Hall–Kier alpha value is -3.54. The zero-order valence-corrected chi connectivity index (χ0v) is 20.4. The molecule has 0 heterocycles. The number of carboxylic acids is 1. The first-order chi connectivity index (χ1) is 16.7. The number of hydrogen-bond acceptors (Lipinski definition) is 11. The molecule has 0 aliphatic heterocycles. The molecule has 0 saturated heterocycles. The molecule has 35 heavy (non-hydrogen) atoms. The zero-order chi connectivity index (χ0) is 26.2. The SMILES string of the molecule is CCCCOC(=O)OC(C)CN[C@@H](Cc1ccc(OC(=O)OCC)c(OC(=O)OCC)c1)C(=O)O. The van der Waals surface area contributed by atoms with E-state index in [-0.39, 0.29) is 44.3 Å². The van der Waals surface area contributed by atoms with E-state index in [2.05, 4.69) is 5.32 Å². The number of carbonyl (C=O) groups is 4. The maximum atomic E-state index is 11.8. The van der Waals surface area contributed by atoms with Gasteiger partial charge < -0.3 is 38.8 Å². The maximum absolute atomic E-state index is 11.8. The summed E-state index contributed by atoms with van der Waals surface area (Å²) >= 11 is 0. The molecule has 1 aromatic carbocycles. The second kappa shape index (κ2) is 16.1. The second-order valence-corrected chi connectivity index (χ2v) is 7.23. The molecule has 2 atom stereocenters.